The van der Waals surface area contributed by atoms with Crippen LogP contribution in [0.3, 0.4) is 0 Å². The zero-order valence-corrected chi connectivity index (χ0v) is 13.8. The molecule has 0 spiro atoms. The predicted molar refractivity (Wildman–Crippen MR) is 90.2 cm³/mol. The van der Waals surface area contributed by atoms with E-state index in [1.165, 1.54) is 12.8 Å². The van der Waals surface area contributed by atoms with Crippen LogP contribution in [0, 0.1) is 6.92 Å². The van der Waals surface area contributed by atoms with Crippen molar-refractivity contribution >= 4 is 5.91 Å². The van der Waals surface area contributed by atoms with Crippen molar-refractivity contribution in [1.29, 1.82) is 0 Å². The van der Waals surface area contributed by atoms with E-state index in [4.69, 9.17) is 0 Å². The van der Waals surface area contributed by atoms with E-state index in [0.717, 1.165) is 36.5 Å². The molecule has 6 heteroatoms. The van der Waals surface area contributed by atoms with E-state index in [1.54, 1.807) is 12.1 Å². The van der Waals surface area contributed by atoms with Gasteiger partial charge in [0, 0.05) is 54.1 Å². The van der Waals surface area contributed by atoms with Gasteiger partial charge in [-0.3, -0.25) is 14.7 Å². The molecular weight excluding hydrogens is 304 g/mol. The van der Waals surface area contributed by atoms with Gasteiger partial charge in [-0.15, -0.1) is 0 Å². The first-order chi connectivity index (χ1) is 11.6. The Bertz CT molecular complexity index is 818. The lowest BCUT2D eigenvalue weighted by molar-refractivity contribution is 0.0700. The summed E-state index contributed by atoms with van der Waals surface area (Å²) in [5, 5.41) is 7.21. The van der Waals surface area contributed by atoms with Crippen molar-refractivity contribution in [2.75, 3.05) is 13.1 Å². The van der Waals surface area contributed by atoms with Crippen LogP contribution in [0.15, 0.2) is 23.0 Å². The number of likely N-dealkylation sites (tertiary alicyclic amines) is 1. The summed E-state index contributed by atoms with van der Waals surface area (Å²) in [7, 11) is 0. The maximum atomic E-state index is 12.7. The van der Waals surface area contributed by atoms with Crippen molar-refractivity contribution < 1.29 is 4.79 Å². The van der Waals surface area contributed by atoms with Crippen molar-refractivity contribution in [1.82, 2.24) is 20.1 Å². The zero-order chi connectivity index (χ0) is 16.7. The van der Waals surface area contributed by atoms with Crippen LogP contribution < -0.4 is 5.43 Å². The molecule has 2 fully saturated rings. The molecule has 1 saturated heterocycles. The minimum Gasteiger partial charge on any atom is -0.362 e. The van der Waals surface area contributed by atoms with Gasteiger partial charge in [0.05, 0.1) is 0 Å². The molecular formula is C18H22N4O2. The molecule has 4 rings (SSSR count). The Balaban J connectivity index is 1.51. The number of carbonyl (C=O) groups excluding carboxylic acids is 1. The fraction of sp³-hybridized carbons (Fsp3) is 0.500. The summed E-state index contributed by atoms with van der Waals surface area (Å²) in [6.07, 6.45) is 4.29. The number of aromatic amines is 2. The Labute approximate surface area is 140 Å². The molecule has 6 nitrogen and oxygen atoms in total. The number of hydrogen-bond acceptors (Lipinski definition) is 3. The summed E-state index contributed by atoms with van der Waals surface area (Å²) in [4.78, 5) is 29.6. The summed E-state index contributed by atoms with van der Waals surface area (Å²) < 4.78 is 0. The maximum Gasteiger partial charge on any atom is 0.274 e. The highest BCUT2D eigenvalue weighted by molar-refractivity contribution is 5.92. The Morgan fingerprint density at radius 3 is 2.75 bits per heavy atom. The topological polar surface area (TPSA) is 81.8 Å². The van der Waals surface area contributed by atoms with Crippen LogP contribution in [-0.4, -0.2) is 39.1 Å². The fourth-order valence-corrected chi connectivity index (χ4v) is 3.56. The summed E-state index contributed by atoms with van der Waals surface area (Å²) in [6.45, 7) is 3.26. The molecule has 1 amide bonds. The Hall–Kier alpha value is -2.37. The minimum atomic E-state index is -0.0159. The monoisotopic (exact) mass is 326 g/mol. The van der Waals surface area contributed by atoms with Crippen LogP contribution in [-0.2, 0) is 0 Å². The molecule has 0 radical (unpaired) electrons. The highest BCUT2D eigenvalue weighted by Crippen LogP contribution is 2.39. The third-order valence-corrected chi connectivity index (χ3v) is 4.98. The number of nitrogens with one attached hydrogen (secondary N) is 2. The number of piperidine rings is 1. The van der Waals surface area contributed by atoms with Gasteiger partial charge in [0.25, 0.3) is 5.91 Å². The summed E-state index contributed by atoms with van der Waals surface area (Å²) in [5.41, 5.74) is 3.40. The summed E-state index contributed by atoms with van der Waals surface area (Å²) >= 11 is 0. The number of rotatable bonds is 3. The second-order valence-electron chi connectivity index (χ2n) is 7.03. The van der Waals surface area contributed by atoms with Crippen LogP contribution in [0.2, 0.25) is 0 Å². The summed E-state index contributed by atoms with van der Waals surface area (Å²) in [6, 6.07) is 5.15. The SMILES string of the molecule is Cc1cc(=O)cc([C@H]2CCCN(C(=O)c3cc(C4CC4)[nH]n3)C2)[nH]1. The van der Waals surface area contributed by atoms with Gasteiger partial charge in [-0.1, -0.05) is 0 Å². The van der Waals surface area contributed by atoms with Crippen LogP contribution >= 0.6 is 0 Å². The van der Waals surface area contributed by atoms with Crippen molar-refractivity contribution in [3.8, 4) is 0 Å². The molecule has 2 aliphatic rings. The van der Waals surface area contributed by atoms with Crippen molar-refractivity contribution in [2.45, 2.75) is 44.4 Å². The predicted octanol–water partition coefficient (Wildman–Crippen LogP) is 2.30. The molecule has 24 heavy (non-hydrogen) atoms. The molecule has 0 bridgehead atoms. The van der Waals surface area contributed by atoms with Crippen molar-refractivity contribution in [3.05, 3.63) is 51.2 Å². The minimum absolute atomic E-state index is 0.0159. The molecule has 126 valence electrons. The quantitative estimate of drug-likeness (QED) is 0.908. The van der Waals surface area contributed by atoms with Crippen LogP contribution in [0.25, 0.3) is 0 Å². The molecule has 0 unspecified atom stereocenters. The molecule has 2 aromatic rings. The average molecular weight is 326 g/mol. The molecule has 1 atom stereocenters. The van der Waals surface area contributed by atoms with Gasteiger partial charge in [0.2, 0.25) is 0 Å². The molecule has 1 saturated carbocycles. The normalized spacial score (nSPS) is 21.0. The van der Waals surface area contributed by atoms with E-state index in [-0.39, 0.29) is 17.3 Å². The Morgan fingerprint density at radius 2 is 2.00 bits per heavy atom. The third-order valence-electron chi connectivity index (χ3n) is 4.98. The standard InChI is InChI=1S/C18H22N4O2/c1-11-7-14(23)8-15(19-11)13-3-2-6-22(10-13)18(24)17-9-16(20-21-17)12-4-5-12/h7-9,12-13H,2-6,10H2,1H3,(H,19,23)(H,20,21)/t13-/m0/s1. The molecule has 1 aliphatic heterocycles. The molecule has 2 aromatic heterocycles. The number of amides is 1. The second kappa shape index (κ2) is 5.92. The van der Waals surface area contributed by atoms with E-state index >= 15 is 0 Å². The molecule has 0 aromatic carbocycles. The van der Waals surface area contributed by atoms with Gasteiger partial charge in [0.15, 0.2) is 5.43 Å². The van der Waals surface area contributed by atoms with Gasteiger partial charge < -0.3 is 9.88 Å². The molecule has 2 N–H and O–H groups in total. The van der Waals surface area contributed by atoms with Gasteiger partial charge in [-0.25, -0.2) is 0 Å². The number of aryl methyl sites for hydroxylation is 1. The lowest BCUT2D eigenvalue weighted by Crippen LogP contribution is -2.39. The van der Waals surface area contributed by atoms with E-state index in [9.17, 15) is 9.59 Å². The largest absolute Gasteiger partial charge is 0.362 e. The first-order valence-corrected chi connectivity index (χ1v) is 8.65. The Morgan fingerprint density at radius 1 is 1.17 bits per heavy atom. The van der Waals surface area contributed by atoms with Crippen molar-refractivity contribution in [2.24, 2.45) is 0 Å². The molecule has 3 heterocycles. The first kappa shape index (κ1) is 15.2. The van der Waals surface area contributed by atoms with Gasteiger partial charge in [-0.05, 0) is 38.7 Å². The van der Waals surface area contributed by atoms with Crippen LogP contribution in [0.1, 0.15) is 65.1 Å². The maximum absolute atomic E-state index is 12.7. The number of hydrogen-bond donors (Lipinski definition) is 2. The van der Waals surface area contributed by atoms with Gasteiger partial charge >= 0.3 is 0 Å². The average Bonchev–Trinajstić information content (AvgIpc) is 3.31. The number of aromatic nitrogens is 3. The first-order valence-electron chi connectivity index (χ1n) is 8.65. The van der Waals surface area contributed by atoms with E-state index < -0.39 is 0 Å². The van der Waals surface area contributed by atoms with Crippen molar-refractivity contribution in [3.63, 3.8) is 0 Å². The van der Waals surface area contributed by atoms with Gasteiger partial charge in [0.1, 0.15) is 5.69 Å². The van der Waals surface area contributed by atoms with Gasteiger partial charge in [-0.2, -0.15) is 5.10 Å². The number of nitrogens with zero attached hydrogens (tertiary/aromatic N) is 2. The highest BCUT2D eigenvalue weighted by atomic mass is 16.2. The van der Waals surface area contributed by atoms with E-state index in [1.807, 2.05) is 17.9 Å². The number of H-pyrrole nitrogens is 2. The smallest absolute Gasteiger partial charge is 0.274 e. The Kier molecular flexibility index (Phi) is 3.75. The lowest BCUT2D eigenvalue weighted by atomic mass is 9.94. The lowest BCUT2D eigenvalue weighted by Gasteiger charge is -2.32. The number of carbonyl (C=O) groups is 1. The number of pyridine rings is 1. The summed E-state index contributed by atoms with van der Waals surface area (Å²) in [5.74, 6) is 0.723. The highest BCUT2D eigenvalue weighted by Gasteiger charge is 2.30. The van der Waals surface area contributed by atoms with Crippen LogP contribution in [0.5, 0.6) is 0 Å². The third kappa shape index (κ3) is 3.00. The van der Waals surface area contributed by atoms with E-state index in [2.05, 4.69) is 15.2 Å². The van der Waals surface area contributed by atoms with E-state index in [0.29, 0.717) is 18.2 Å². The van der Waals surface area contributed by atoms with Crippen LogP contribution in [0.4, 0.5) is 0 Å². The zero-order valence-electron chi connectivity index (χ0n) is 13.8. The second-order valence-corrected chi connectivity index (χ2v) is 7.03. The fourth-order valence-electron chi connectivity index (χ4n) is 3.56. The molecule has 1 aliphatic carbocycles.